The van der Waals surface area contributed by atoms with Gasteiger partial charge in [-0.2, -0.15) is 0 Å². The molecule has 0 heterocycles. The number of allylic oxidation sites excluding steroid dienone is 1. The van der Waals surface area contributed by atoms with Gasteiger partial charge >= 0.3 is 0 Å². The maximum atomic E-state index is 3.81. The van der Waals surface area contributed by atoms with E-state index in [1.807, 2.05) is 6.08 Å². The van der Waals surface area contributed by atoms with Gasteiger partial charge in [0.15, 0.2) is 0 Å². The van der Waals surface area contributed by atoms with Gasteiger partial charge in [-0.05, 0) is 53.1 Å². The molecule has 0 heteroatoms. The zero-order valence-corrected chi connectivity index (χ0v) is 10.7. The normalized spacial score (nSPS) is 13.4. The van der Waals surface area contributed by atoms with Crippen molar-refractivity contribution in [3.63, 3.8) is 0 Å². The molecule has 2 aromatic rings. The van der Waals surface area contributed by atoms with E-state index in [-0.39, 0.29) is 0 Å². The molecule has 0 aromatic heterocycles. The molecular formula is C17H18. The molecule has 86 valence electrons. The van der Waals surface area contributed by atoms with Crippen molar-refractivity contribution in [2.24, 2.45) is 0 Å². The average Bonchev–Trinajstić information content (AvgIpc) is 2.36. The quantitative estimate of drug-likeness (QED) is 0.695. The molecule has 0 radical (unpaired) electrons. The molecule has 17 heavy (non-hydrogen) atoms. The van der Waals surface area contributed by atoms with E-state index in [2.05, 4.69) is 63.8 Å². The largest absolute Gasteiger partial charge is 0.0990 e. The highest BCUT2D eigenvalue weighted by molar-refractivity contribution is 5.89. The Labute approximate surface area is 103 Å². The van der Waals surface area contributed by atoms with Crippen molar-refractivity contribution >= 4 is 22.9 Å². The molecule has 0 atom stereocenters. The summed E-state index contributed by atoms with van der Waals surface area (Å²) >= 11 is 0. The summed E-state index contributed by atoms with van der Waals surface area (Å²) in [4.78, 5) is 0. The summed E-state index contributed by atoms with van der Waals surface area (Å²) in [5, 5.41) is 5.29. The van der Waals surface area contributed by atoms with Gasteiger partial charge in [-0.1, -0.05) is 49.1 Å². The summed E-state index contributed by atoms with van der Waals surface area (Å²) in [6.45, 7) is 10.3. The van der Waals surface area contributed by atoms with Crippen LogP contribution in [0.3, 0.4) is 0 Å². The molecular weight excluding hydrogens is 204 g/mol. The van der Waals surface area contributed by atoms with Crippen molar-refractivity contribution in [3.8, 4) is 0 Å². The first-order chi connectivity index (χ1) is 8.20. The molecule has 0 saturated heterocycles. The smallest absolute Gasteiger partial charge is 0.0146 e. The Bertz CT molecular complexity index is 688. The van der Waals surface area contributed by atoms with Gasteiger partial charge in [-0.15, -0.1) is 0 Å². The average molecular weight is 222 g/mol. The highest BCUT2D eigenvalue weighted by atomic mass is 14.1. The Balaban J connectivity index is 3.17. The van der Waals surface area contributed by atoms with Crippen LogP contribution in [0.15, 0.2) is 36.9 Å². The minimum atomic E-state index is 1.29. The topological polar surface area (TPSA) is 0 Å². The second-order valence-corrected chi connectivity index (χ2v) is 4.31. The predicted molar refractivity (Wildman–Crippen MR) is 77.5 cm³/mol. The Kier molecular flexibility index (Phi) is 3.14. The molecule has 0 aliphatic carbocycles. The Morgan fingerprint density at radius 1 is 0.941 bits per heavy atom. The van der Waals surface area contributed by atoms with Crippen LogP contribution in [-0.2, 0) is 0 Å². The van der Waals surface area contributed by atoms with Crippen molar-refractivity contribution in [2.75, 3.05) is 0 Å². The fourth-order valence-electron chi connectivity index (χ4n) is 2.54. The third-order valence-electron chi connectivity index (χ3n) is 3.41. The van der Waals surface area contributed by atoms with Crippen LogP contribution >= 0.6 is 0 Å². The lowest BCUT2D eigenvalue weighted by Gasteiger charge is -2.08. The van der Waals surface area contributed by atoms with Gasteiger partial charge in [0.25, 0.3) is 0 Å². The number of benzene rings is 2. The molecule has 2 aromatic carbocycles. The molecule has 0 N–H and O–H groups in total. The Hall–Kier alpha value is -1.82. The van der Waals surface area contributed by atoms with Crippen molar-refractivity contribution < 1.29 is 0 Å². The standard InChI is InChI=1S/C17H18/c1-5-9-15-13(4)17-11-8-7-10-16(17)12(3)14(15)6-2/h5-11H,1H2,2-4H3/b14-6-,15-9-. The molecule has 0 aliphatic rings. The van der Waals surface area contributed by atoms with Crippen LogP contribution in [0.5, 0.6) is 0 Å². The highest BCUT2D eigenvalue weighted by Crippen LogP contribution is 2.16. The van der Waals surface area contributed by atoms with E-state index in [0.29, 0.717) is 0 Å². The monoisotopic (exact) mass is 222 g/mol. The maximum absolute atomic E-state index is 3.81. The fraction of sp³-hybridized carbons (Fsp3) is 0.176. The Morgan fingerprint density at radius 3 is 1.94 bits per heavy atom. The van der Waals surface area contributed by atoms with Gasteiger partial charge in [0.2, 0.25) is 0 Å². The van der Waals surface area contributed by atoms with Crippen molar-refractivity contribution in [2.45, 2.75) is 20.8 Å². The lowest BCUT2D eigenvalue weighted by Crippen LogP contribution is -2.30. The van der Waals surface area contributed by atoms with E-state index in [1.54, 1.807) is 0 Å². The first-order valence-corrected chi connectivity index (χ1v) is 5.97. The summed E-state index contributed by atoms with van der Waals surface area (Å²) in [5.41, 5.74) is 2.68. The van der Waals surface area contributed by atoms with Crippen LogP contribution < -0.4 is 10.4 Å². The van der Waals surface area contributed by atoms with Crippen LogP contribution in [0.25, 0.3) is 22.9 Å². The van der Waals surface area contributed by atoms with E-state index in [9.17, 15) is 0 Å². The van der Waals surface area contributed by atoms with Crippen LogP contribution in [-0.4, -0.2) is 0 Å². The van der Waals surface area contributed by atoms with Gasteiger partial charge < -0.3 is 0 Å². The van der Waals surface area contributed by atoms with E-state index < -0.39 is 0 Å². The SMILES string of the molecule is C=C/C=c1/c(C)c2ccccc2c(C)/c1=C/C. The minimum Gasteiger partial charge on any atom is -0.0990 e. The van der Waals surface area contributed by atoms with Gasteiger partial charge in [0, 0.05) is 0 Å². The third-order valence-corrected chi connectivity index (χ3v) is 3.41. The van der Waals surface area contributed by atoms with Crippen molar-refractivity contribution in [1.29, 1.82) is 0 Å². The molecule has 0 fully saturated rings. The second-order valence-electron chi connectivity index (χ2n) is 4.31. The molecule has 0 amide bonds. The molecule has 0 spiro atoms. The zero-order chi connectivity index (χ0) is 12.4. The number of rotatable bonds is 1. The molecule has 0 bridgehead atoms. The molecule has 2 rings (SSSR count). The lowest BCUT2D eigenvalue weighted by atomic mass is 9.96. The summed E-state index contributed by atoms with van der Waals surface area (Å²) < 4.78 is 0. The summed E-state index contributed by atoms with van der Waals surface area (Å²) in [5.74, 6) is 0. The van der Waals surface area contributed by atoms with Crippen LogP contribution in [0.4, 0.5) is 0 Å². The number of fused-ring (bicyclic) bond motifs is 1. The van der Waals surface area contributed by atoms with Crippen molar-refractivity contribution in [1.82, 2.24) is 0 Å². The van der Waals surface area contributed by atoms with E-state index >= 15 is 0 Å². The first-order valence-electron chi connectivity index (χ1n) is 5.97. The van der Waals surface area contributed by atoms with Gasteiger partial charge in [0.05, 0.1) is 0 Å². The number of hydrogen-bond acceptors (Lipinski definition) is 0. The summed E-state index contributed by atoms with van der Waals surface area (Å²) in [7, 11) is 0. The van der Waals surface area contributed by atoms with Crippen LogP contribution in [0.2, 0.25) is 0 Å². The van der Waals surface area contributed by atoms with Gasteiger partial charge in [0.1, 0.15) is 0 Å². The minimum absolute atomic E-state index is 1.29. The predicted octanol–water partition coefficient (Wildman–Crippen LogP) is 3.22. The molecule has 0 unspecified atom stereocenters. The molecule has 0 aliphatic heterocycles. The van der Waals surface area contributed by atoms with Crippen molar-refractivity contribution in [3.05, 3.63) is 58.5 Å². The van der Waals surface area contributed by atoms with E-state index in [1.165, 1.54) is 32.3 Å². The second kappa shape index (κ2) is 4.58. The summed E-state index contributed by atoms with van der Waals surface area (Å²) in [6, 6.07) is 8.59. The van der Waals surface area contributed by atoms with E-state index in [4.69, 9.17) is 0 Å². The van der Waals surface area contributed by atoms with Crippen LogP contribution in [0.1, 0.15) is 18.1 Å². The van der Waals surface area contributed by atoms with E-state index in [0.717, 1.165) is 0 Å². The number of aryl methyl sites for hydroxylation is 2. The first kappa shape index (κ1) is 11.7. The molecule has 0 nitrogen and oxygen atoms in total. The van der Waals surface area contributed by atoms with Crippen LogP contribution in [0, 0.1) is 13.8 Å². The third kappa shape index (κ3) is 1.80. The Morgan fingerprint density at radius 2 is 1.47 bits per heavy atom. The molecule has 0 saturated carbocycles. The number of hydrogen-bond donors (Lipinski definition) is 0. The maximum Gasteiger partial charge on any atom is -0.0146 e. The van der Waals surface area contributed by atoms with Gasteiger partial charge in [-0.25, -0.2) is 0 Å². The lowest BCUT2D eigenvalue weighted by molar-refractivity contribution is 1.35. The highest BCUT2D eigenvalue weighted by Gasteiger charge is 2.03. The summed E-state index contributed by atoms with van der Waals surface area (Å²) in [6.07, 6.45) is 6.15. The van der Waals surface area contributed by atoms with Gasteiger partial charge in [-0.3, -0.25) is 0 Å². The zero-order valence-electron chi connectivity index (χ0n) is 10.7. The fourth-order valence-corrected chi connectivity index (χ4v) is 2.54.